The quantitative estimate of drug-likeness (QED) is 0.670. The Morgan fingerprint density at radius 2 is 2.14 bits per heavy atom. The van der Waals surface area contributed by atoms with Gasteiger partial charge < -0.3 is 10.0 Å². The van der Waals surface area contributed by atoms with Crippen molar-refractivity contribution < 1.29 is 10.0 Å². The minimum Gasteiger partial charge on any atom is -0.508 e. The molecular weight excluding hydrogens is 302 g/mol. The molecule has 0 radical (unpaired) electrons. The molecule has 7 heteroatoms. The van der Waals surface area contributed by atoms with E-state index in [1.165, 1.54) is 12.1 Å². The van der Waals surface area contributed by atoms with Crippen molar-refractivity contribution in [2.45, 2.75) is 18.5 Å². The number of aliphatic hydroxyl groups is 1. The lowest BCUT2D eigenvalue weighted by Gasteiger charge is -2.24. The Balaban J connectivity index is 1.56. The monoisotopic (exact) mass is 315 g/mol. The van der Waals surface area contributed by atoms with E-state index in [9.17, 15) is 15.2 Å². The SMILES string of the molecule is O=[N+]([O-])c1ccc(C2CN3C(=N2)SC2=CC(O)=CCC23)cc1. The largest absolute Gasteiger partial charge is 0.508 e. The van der Waals surface area contributed by atoms with Crippen LogP contribution in [0.5, 0.6) is 0 Å². The minimum absolute atomic E-state index is 0.0179. The van der Waals surface area contributed by atoms with Crippen LogP contribution < -0.4 is 0 Å². The average Bonchev–Trinajstić information content (AvgIpc) is 3.04. The number of rotatable bonds is 2. The number of nitro benzene ring substituents is 1. The molecule has 1 aromatic rings. The first-order chi connectivity index (χ1) is 10.6. The molecule has 0 bridgehead atoms. The van der Waals surface area contributed by atoms with E-state index in [2.05, 4.69) is 4.90 Å². The molecule has 1 fully saturated rings. The standard InChI is InChI=1S/C15H13N3O3S/c19-11-5-6-13-14(7-11)22-15-16-12(8-17(13)15)9-1-3-10(4-2-9)18(20)21/h1-5,7,12-13,19H,6,8H2. The Bertz CT molecular complexity index is 739. The number of non-ortho nitro benzene ring substituents is 1. The number of aliphatic imine (C=N–C) groups is 1. The molecule has 0 aromatic heterocycles. The maximum atomic E-state index is 10.7. The number of hydrogen-bond donors (Lipinski definition) is 1. The molecule has 4 rings (SSSR count). The molecule has 6 nitrogen and oxygen atoms in total. The molecule has 1 aromatic carbocycles. The van der Waals surface area contributed by atoms with Crippen LogP contribution >= 0.6 is 11.8 Å². The molecule has 112 valence electrons. The van der Waals surface area contributed by atoms with Crippen LogP contribution in [-0.2, 0) is 0 Å². The second-order valence-electron chi connectivity index (χ2n) is 5.46. The van der Waals surface area contributed by atoms with Crippen LogP contribution in [0.15, 0.2) is 52.1 Å². The van der Waals surface area contributed by atoms with Crippen LogP contribution in [0, 0.1) is 10.1 Å². The maximum Gasteiger partial charge on any atom is 0.269 e. The van der Waals surface area contributed by atoms with Crippen LogP contribution in [0.4, 0.5) is 5.69 Å². The Kier molecular flexibility index (Phi) is 2.97. The molecule has 2 heterocycles. The molecule has 2 unspecified atom stereocenters. The Morgan fingerprint density at radius 1 is 1.36 bits per heavy atom. The Hall–Kier alpha value is -2.28. The lowest BCUT2D eigenvalue weighted by atomic mass is 10.0. The van der Waals surface area contributed by atoms with E-state index >= 15 is 0 Å². The third kappa shape index (κ3) is 2.09. The summed E-state index contributed by atoms with van der Waals surface area (Å²) in [4.78, 5) is 18.4. The zero-order valence-corrected chi connectivity index (χ0v) is 12.4. The summed E-state index contributed by atoms with van der Waals surface area (Å²) < 4.78 is 0. The summed E-state index contributed by atoms with van der Waals surface area (Å²) in [6, 6.07) is 6.90. The molecule has 1 saturated heterocycles. The fourth-order valence-electron chi connectivity index (χ4n) is 2.99. The van der Waals surface area contributed by atoms with Crippen LogP contribution in [0.2, 0.25) is 0 Å². The van der Waals surface area contributed by atoms with Crippen LogP contribution in [0.3, 0.4) is 0 Å². The third-order valence-electron chi connectivity index (χ3n) is 4.12. The van der Waals surface area contributed by atoms with Gasteiger partial charge in [-0.05, 0) is 36.3 Å². The highest BCUT2D eigenvalue weighted by molar-refractivity contribution is 8.17. The number of thioether (sulfide) groups is 1. The van der Waals surface area contributed by atoms with Gasteiger partial charge in [0.25, 0.3) is 5.69 Å². The summed E-state index contributed by atoms with van der Waals surface area (Å²) in [7, 11) is 0. The topological polar surface area (TPSA) is 79.0 Å². The van der Waals surface area contributed by atoms with Gasteiger partial charge in [-0.25, -0.2) is 0 Å². The van der Waals surface area contributed by atoms with Crippen molar-refractivity contribution in [2.75, 3.05) is 6.54 Å². The number of nitro groups is 1. The van der Waals surface area contributed by atoms with Gasteiger partial charge >= 0.3 is 0 Å². The summed E-state index contributed by atoms with van der Waals surface area (Å²) in [6.07, 6.45) is 4.42. The zero-order valence-electron chi connectivity index (χ0n) is 11.5. The molecule has 0 amide bonds. The van der Waals surface area contributed by atoms with Gasteiger partial charge in [0, 0.05) is 23.6 Å². The van der Waals surface area contributed by atoms with Gasteiger partial charge in [0.1, 0.15) is 5.76 Å². The lowest BCUT2D eigenvalue weighted by molar-refractivity contribution is -0.384. The van der Waals surface area contributed by atoms with Crippen molar-refractivity contribution in [3.05, 3.63) is 62.8 Å². The van der Waals surface area contributed by atoms with E-state index < -0.39 is 4.92 Å². The third-order valence-corrected chi connectivity index (χ3v) is 5.27. The van der Waals surface area contributed by atoms with Crippen molar-refractivity contribution in [1.82, 2.24) is 4.90 Å². The highest BCUT2D eigenvalue weighted by atomic mass is 32.2. The van der Waals surface area contributed by atoms with Gasteiger partial charge in [-0.2, -0.15) is 0 Å². The van der Waals surface area contributed by atoms with Gasteiger partial charge in [0.05, 0.1) is 17.0 Å². The number of hydrogen-bond acceptors (Lipinski definition) is 6. The fourth-order valence-corrected chi connectivity index (χ4v) is 4.24. The van der Waals surface area contributed by atoms with Gasteiger partial charge in [-0.15, -0.1) is 0 Å². The molecule has 3 aliphatic rings. The van der Waals surface area contributed by atoms with Crippen LogP contribution in [0.25, 0.3) is 0 Å². The first kappa shape index (κ1) is 13.4. The highest BCUT2D eigenvalue weighted by Gasteiger charge is 2.41. The summed E-state index contributed by atoms with van der Waals surface area (Å²) in [6.45, 7) is 0.775. The summed E-state index contributed by atoms with van der Waals surface area (Å²) in [5.74, 6) is 0.326. The van der Waals surface area contributed by atoms with Crippen LogP contribution in [-0.4, -0.2) is 32.7 Å². The maximum absolute atomic E-state index is 10.7. The smallest absolute Gasteiger partial charge is 0.269 e. The second-order valence-corrected chi connectivity index (χ2v) is 6.50. The minimum atomic E-state index is -0.393. The van der Waals surface area contributed by atoms with Crippen molar-refractivity contribution >= 4 is 22.6 Å². The molecular formula is C15H13N3O3S. The molecule has 1 aliphatic carbocycles. The van der Waals surface area contributed by atoms with E-state index in [0.717, 1.165) is 28.6 Å². The molecule has 22 heavy (non-hydrogen) atoms. The predicted octanol–water partition coefficient (Wildman–Crippen LogP) is 3.15. The van der Waals surface area contributed by atoms with E-state index in [0.29, 0.717) is 5.76 Å². The predicted molar refractivity (Wildman–Crippen MR) is 84.8 cm³/mol. The summed E-state index contributed by atoms with van der Waals surface area (Å²) in [5, 5.41) is 21.3. The van der Waals surface area contributed by atoms with Crippen molar-refractivity contribution in [3.8, 4) is 0 Å². The normalized spacial score (nSPS) is 26.0. The van der Waals surface area contributed by atoms with E-state index in [1.54, 1.807) is 30.0 Å². The van der Waals surface area contributed by atoms with E-state index in [-0.39, 0.29) is 17.8 Å². The molecule has 0 saturated carbocycles. The number of aliphatic hydroxyl groups excluding tert-OH is 1. The summed E-state index contributed by atoms with van der Waals surface area (Å²) in [5.41, 5.74) is 1.09. The zero-order chi connectivity index (χ0) is 15.3. The number of amidine groups is 1. The number of nitrogens with zero attached hydrogens (tertiary/aromatic N) is 3. The Labute approximate surface area is 131 Å². The van der Waals surface area contributed by atoms with Crippen molar-refractivity contribution in [1.29, 1.82) is 0 Å². The molecule has 2 aliphatic heterocycles. The van der Waals surface area contributed by atoms with Gasteiger partial charge in [0.15, 0.2) is 5.17 Å². The lowest BCUT2D eigenvalue weighted by Crippen LogP contribution is -2.32. The van der Waals surface area contributed by atoms with Gasteiger partial charge in [-0.3, -0.25) is 15.1 Å². The van der Waals surface area contributed by atoms with E-state index in [1.807, 2.05) is 6.08 Å². The number of fused-ring (bicyclic) bond motifs is 3. The summed E-state index contributed by atoms with van der Waals surface area (Å²) >= 11 is 1.60. The van der Waals surface area contributed by atoms with Crippen molar-refractivity contribution in [3.63, 3.8) is 0 Å². The average molecular weight is 315 g/mol. The molecule has 0 spiro atoms. The first-order valence-electron chi connectivity index (χ1n) is 6.99. The Morgan fingerprint density at radius 3 is 2.86 bits per heavy atom. The molecule has 1 N–H and O–H groups in total. The van der Waals surface area contributed by atoms with Crippen molar-refractivity contribution in [2.24, 2.45) is 4.99 Å². The van der Waals surface area contributed by atoms with Gasteiger partial charge in [0.2, 0.25) is 0 Å². The second kappa shape index (κ2) is 4.88. The fraction of sp³-hybridized carbons (Fsp3) is 0.267. The molecule has 2 atom stereocenters. The number of allylic oxidation sites excluding steroid dienone is 1. The highest BCUT2D eigenvalue weighted by Crippen LogP contribution is 2.45. The van der Waals surface area contributed by atoms with Crippen LogP contribution in [0.1, 0.15) is 18.0 Å². The number of benzene rings is 1. The van der Waals surface area contributed by atoms with Gasteiger partial charge in [-0.1, -0.05) is 11.8 Å². The first-order valence-corrected chi connectivity index (χ1v) is 7.81. The van der Waals surface area contributed by atoms with E-state index in [4.69, 9.17) is 4.99 Å².